The van der Waals surface area contributed by atoms with Crippen molar-refractivity contribution in [3.63, 3.8) is 0 Å². The monoisotopic (exact) mass is 262 g/mol. The zero-order chi connectivity index (χ0) is 13.8. The lowest BCUT2D eigenvalue weighted by Gasteiger charge is -2.17. The van der Waals surface area contributed by atoms with Crippen molar-refractivity contribution in [2.75, 3.05) is 17.7 Å². The summed E-state index contributed by atoms with van der Waals surface area (Å²) in [6, 6.07) is 0.862. The predicted molar refractivity (Wildman–Crippen MR) is 64.7 cm³/mol. The summed E-state index contributed by atoms with van der Waals surface area (Å²) >= 11 is 0. The minimum absolute atomic E-state index is 0.406. The van der Waals surface area contributed by atoms with Crippen molar-refractivity contribution in [2.24, 2.45) is 0 Å². The van der Waals surface area contributed by atoms with Crippen molar-refractivity contribution < 1.29 is 13.2 Å². The highest BCUT2D eigenvalue weighted by atomic mass is 19.4. The second kappa shape index (κ2) is 5.88. The molecule has 0 aromatic carbocycles. The lowest BCUT2D eigenvalue weighted by molar-refractivity contribution is -0.136. The van der Waals surface area contributed by atoms with Crippen LogP contribution in [-0.4, -0.2) is 29.2 Å². The Bertz CT molecular complexity index is 370. The van der Waals surface area contributed by atoms with Gasteiger partial charge in [-0.3, -0.25) is 0 Å². The molecule has 0 fully saturated rings. The fourth-order valence-electron chi connectivity index (χ4n) is 1.51. The topological polar surface area (TPSA) is 49.8 Å². The van der Waals surface area contributed by atoms with Gasteiger partial charge in [0.2, 0.25) is 0 Å². The number of hydrogen-bond donors (Lipinski definition) is 2. The van der Waals surface area contributed by atoms with E-state index in [0.29, 0.717) is 23.9 Å². The van der Waals surface area contributed by atoms with Gasteiger partial charge in [-0.05, 0) is 6.92 Å². The highest BCUT2D eigenvalue weighted by Crippen LogP contribution is 2.23. The molecule has 4 nitrogen and oxygen atoms in total. The molecule has 0 aliphatic rings. The van der Waals surface area contributed by atoms with E-state index in [-0.39, 0.29) is 0 Å². The van der Waals surface area contributed by atoms with Gasteiger partial charge in [0.15, 0.2) is 0 Å². The summed E-state index contributed by atoms with van der Waals surface area (Å²) in [6.07, 6.45) is -4.45. The Morgan fingerprint density at radius 1 is 1.28 bits per heavy atom. The molecule has 0 aliphatic heterocycles. The van der Waals surface area contributed by atoms with Crippen LogP contribution in [0.5, 0.6) is 0 Å². The minimum atomic E-state index is -4.18. The lowest BCUT2D eigenvalue weighted by atomic mass is 10.2. The van der Waals surface area contributed by atoms with Crippen molar-refractivity contribution in [3.8, 4) is 0 Å². The molecule has 7 heteroatoms. The Kier molecular flexibility index (Phi) is 4.75. The molecule has 102 valence electrons. The number of aromatic nitrogens is 2. The maximum Gasteiger partial charge on any atom is 0.391 e. The molecule has 1 heterocycles. The Morgan fingerprint density at radius 2 is 1.89 bits per heavy atom. The summed E-state index contributed by atoms with van der Waals surface area (Å²) in [5.41, 5.74) is 0. The van der Waals surface area contributed by atoms with Crippen LogP contribution in [0.2, 0.25) is 0 Å². The average Bonchev–Trinajstić information content (AvgIpc) is 2.25. The van der Waals surface area contributed by atoms with Crippen LogP contribution in [0.4, 0.5) is 24.8 Å². The third-order valence-electron chi connectivity index (χ3n) is 2.28. The van der Waals surface area contributed by atoms with E-state index in [1.54, 1.807) is 13.1 Å². The van der Waals surface area contributed by atoms with E-state index in [9.17, 15) is 13.2 Å². The van der Waals surface area contributed by atoms with E-state index in [0.717, 1.165) is 0 Å². The third-order valence-corrected chi connectivity index (χ3v) is 2.28. The average molecular weight is 262 g/mol. The van der Waals surface area contributed by atoms with Crippen LogP contribution in [0.1, 0.15) is 26.1 Å². The van der Waals surface area contributed by atoms with Crippen LogP contribution in [0.25, 0.3) is 0 Å². The van der Waals surface area contributed by atoms with Gasteiger partial charge < -0.3 is 10.6 Å². The molecule has 0 bridgehead atoms. The number of hydrogen-bond acceptors (Lipinski definition) is 4. The quantitative estimate of drug-likeness (QED) is 0.856. The summed E-state index contributed by atoms with van der Waals surface area (Å²) in [7, 11) is 1.70. The van der Waals surface area contributed by atoms with E-state index in [1.165, 1.54) is 6.92 Å². The Hall–Kier alpha value is -1.53. The van der Waals surface area contributed by atoms with Crippen molar-refractivity contribution in [1.29, 1.82) is 0 Å². The van der Waals surface area contributed by atoms with Crippen molar-refractivity contribution in [2.45, 2.75) is 38.9 Å². The van der Waals surface area contributed by atoms with Gasteiger partial charge in [-0.1, -0.05) is 6.92 Å². The molecule has 0 saturated heterocycles. The molecule has 0 radical (unpaired) electrons. The highest BCUT2D eigenvalue weighted by Gasteiger charge is 2.30. The molecule has 1 aromatic rings. The molecule has 1 rings (SSSR count). The van der Waals surface area contributed by atoms with Gasteiger partial charge in [0.05, 0.1) is 6.42 Å². The number of halogens is 3. The molecule has 18 heavy (non-hydrogen) atoms. The molecule has 0 spiro atoms. The first-order valence-electron chi connectivity index (χ1n) is 5.73. The number of rotatable bonds is 5. The van der Waals surface area contributed by atoms with E-state index in [1.807, 2.05) is 6.92 Å². The van der Waals surface area contributed by atoms with Crippen molar-refractivity contribution in [1.82, 2.24) is 9.97 Å². The third kappa shape index (κ3) is 4.77. The first kappa shape index (κ1) is 14.5. The Balaban J connectivity index is 2.77. The summed E-state index contributed by atoms with van der Waals surface area (Å²) < 4.78 is 36.6. The van der Waals surface area contributed by atoms with Crippen LogP contribution in [-0.2, 0) is 6.42 Å². The molecule has 0 aliphatic carbocycles. The summed E-state index contributed by atoms with van der Waals surface area (Å²) in [6.45, 7) is 3.36. The van der Waals surface area contributed by atoms with Gasteiger partial charge in [0.25, 0.3) is 0 Å². The SMILES string of the molecule is CCc1nc(NC)cc(NC(C)CC(F)(F)F)n1. The fourth-order valence-corrected chi connectivity index (χ4v) is 1.51. The van der Waals surface area contributed by atoms with Gasteiger partial charge in [0.1, 0.15) is 17.5 Å². The number of nitrogens with zero attached hydrogens (tertiary/aromatic N) is 2. The zero-order valence-electron chi connectivity index (χ0n) is 10.6. The van der Waals surface area contributed by atoms with Gasteiger partial charge >= 0.3 is 6.18 Å². The molecule has 2 N–H and O–H groups in total. The van der Waals surface area contributed by atoms with E-state index in [4.69, 9.17) is 0 Å². The largest absolute Gasteiger partial charge is 0.391 e. The molecular formula is C11H17F3N4. The maximum atomic E-state index is 12.2. The summed E-state index contributed by atoms with van der Waals surface area (Å²) in [4.78, 5) is 8.31. The van der Waals surface area contributed by atoms with Crippen molar-refractivity contribution in [3.05, 3.63) is 11.9 Å². The number of alkyl halides is 3. The molecule has 0 saturated carbocycles. The van der Waals surface area contributed by atoms with Crippen LogP contribution in [0, 0.1) is 0 Å². The van der Waals surface area contributed by atoms with Gasteiger partial charge in [-0.25, -0.2) is 9.97 Å². The van der Waals surface area contributed by atoms with Crippen LogP contribution in [0.15, 0.2) is 6.07 Å². The maximum absolute atomic E-state index is 12.2. The van der Waals surface area contributed by atoms with Gasteiger partial charge in [0, 0.05) is 25.6 Å². The lowest BCUT2D eigenvalue weighted by Crippen LogP contribution is -2.24. The normalized spacial score (nSPS) is 13.2. The molecular weight excluding hydrogens is 245 g/mol. The first-order valence-corrected chi connectivity index (χ1v) is 5.73. The number of nitrogens with one attached hydrogen (secondary N) is 2. The first-order chi connectivity index (χ1) is 8.34. The second-order valence-electron chi connectivity index (χ2n) is 4.02. The Morgan fingerprint density at radius 3 is 2.39 bits per heavy atom. The zero-order valence-corrected chi connectivity index (χ0v) is 10.6. The van der Waals surface area contributed by atoms with E-state index in [2.05, 4.69) is 20.6 Å². The van der Waals surface area contributed by atoms with E-state index >= 15 is 0 Å². The smallest absolute Gasteiger partial charge is 0.373 e. The summed E-state index contributed by atoms with van der Waals surface area (Å²) in [5, 5.41) is 5.59. The van der Waals surface area contributed by atoms with Gasteiger partial charge in [-0.2, -0.15) is 13.2 Å². The van der Waals surface area contributed by atoms with Crippen LogP contribution in [0.3, 0.4) is 0 Å². The van der Waals surface area contributed by atoms with E-state index < -0.39 is 18.6 Å². The number of anilines is 2. The Labute approximate surface area is 104 Å². The predicted octanol–water partition coefficient (Wildman–Crippen LogP) is 2.83. The highest BCUT2D eigenvalue weighted by molar-refractivity contribution is 5.47. The van der Waals surface area contributed by atoms with Gasteiger partial charge in [-0.15, -0.1) is 0 Å². The molecule has 1 atom stereocenters. The van der Waals surface area contributed by atoms with Crippen LogP contribution >= 0.6 is 0 Å². The summed E-state index contributed by atoms with van der Waals surface area (Å²) in [5.74, 6) is 1.58. The molecule has 1 unspecified atom stereocenters. The van der Waals surface area contributed by atoms with Crippen LogP contribution < -0.4 is 10.6 Å². The molecule has 1 aromatic heterocycles. The second-order valence-corrected chi connectivity index (χ2v) is 4.02. The number of aryl methyl sites for hydroxylation is 1. The standard InChI is InChI=1S/C11H17F3N4/c1-4-8-17-9(15-3)5-10(18-8)16-7(2)6-11(12,13)14/h5,7H,4,6H2,1-3H3,(H2,15,16,17,18). The minimum Gasteiger partial charge on any atom is -0.373 e. The van der Waals surface area contributed by atoms with Crippen molar-refractivity contribution >= 4 is 11.6 Å². The molecule has 0 amide bonds. The fraction of sp³-hybridized carbons (Fsp3) is 0.636.